The molecule has 4 heterocycles. The average Bonchev–Trinajstić information content (AvgIpc) is 3.06. The number of carbonyl (C=O) groups is 2. The lowest BCUT2D eigenvalue weighted by molar-refractivity contribution is -0.138. The molecule has 0 aromatic carbocycles. The Labute approximate surface area is 146 Å². The molecular formula is C18H23N5O2. The van der Waals surface area contributed by atoms with Crippen LogP contribution < -0.4 is 0 Å². The SMILES string of the molecule is CCC(C(=O)N1CCN(C)CC1)N1Cc2ccnc3[nH]cc(c23)C1=O. The lowest BCUT2D eigenvalue weighted by Crippen LogP contribution is -2.55. The molecule has 1 saturated heterocycles. The number of nitrogens with one attached hydrogen (secondary N) is 1. The third-order valence-corrected chi connectivity index (χ3v) is 5.35. The minimum absolute atomic E-state index is 0.0632. The number of carbonyl (C=O) groups excluding carboxylic acids is 2. The van der Waals surface area contributed by atoms with Crippen LogP contribution in [0.25, 0.3) is 11.0 Å². The van der Waals surface area contributed by atoms with Gasteiger partial charge in [-0.2, -0.15) is 0 Å². The Balaban J connectivity index is 1.62. The first-order chi connectivity index (χ1) is 12.1. The highest BCUT2D eigenvalue weighted by atomic mass is 16.2. The fourth-order valence-corrected chi connectivity index (χ4v) is 3.85. The number of hydrogen-bond donors (Lipinski definition) is 1. The van der Waals surface area contributed by atoms with Gasteiger partial charge in [0.15, 0.2) is 0 Å². The minimum Gasteiger partial charge on any atom is -0.345 e. The molecule has 0 aliphatic carbocycles. The highest BCUT2D eigenvalue weighted by Crippen LogP contribution is 2.30. The number of piperazine rings is 1. The molecule has 0 spiro atoms. The van der Waals surface area contributed by atoms with E-state index in [2.05, 4.69) is 21.9 Å². The summed E-state index contributed by atoms with van der Waals surface area (Å²) in [6.45, 7) is 5.64. The number of aromatic nitrogens is 2. The Bertz CT molecular complexity index is 822. The van der Waals surface area contributed by atoms with Crippen LogP contribution in [0, 0.1) is 0 Å². The second-order valence-corrected chi connectivity index (χ2v) is 6.88. The molecule has 2 amide bonds. The number of nitrogens with zero attached hydrogens (tertiary/aromatic N) is 4. The van der Waals surface area contributed by atoms with Gasteiger partial charge in [0.1, 0.15) is 11.7 Å². The summed E-state index contributed by atoms with van der Waals surface area (Å²) >= 11 is 0. The van der Waals surface area contributed by atoms with Gasteiger partial charge in [0, 0.05) is 50.5 Å². The summed E-state index contributed by atoms with van der Waals surface area (Å²) in [7, 11) is 2.06. The Hall–Kier alpha value is -2.41. The van der Waals surface area contributed by atoms with E-state index in [9.17, 15) is 9.59 Å². The van der Waals surface area contributed by atoms with Crippen LogP contribution in [-0.4, -0.2) is 75.8 Å². The number of H-pyrrole nitrogens is 1. The molecule has 1 fully saturated rings. The molecule has 2 aromatic rings. The summed E-state index contributed by atoms with van der Waals surface area (Å²) in [5, 5.41) is 0.894. The van der Waals surface area contributed by atoms with Gasteiger partial charge in [-0.1, -0.05) is 6.92 Å². The number of hydrogen-bond acceptors (Lipinski definition) is 4. The molecule has 2 aliphatic heterocycles. The molecule has 1 N–H and O–H groups in total. The monoisotopic (exact) mass is 341 g/mol. The number of amides is 2. The number of likely N-dealkylation sites (N-methyl/N-ethyl adjacent to an activating group) is 1. The second kappa shape index (κ2) is 6.15. The zero-order valence-corrected chi connectivity index (χ0v) is 14.7. The zero-order chi connectivity index (χ0) is 17.6. The summed E-state index contributed by atoms with van der Waals surface area (Å²) in [6, 6.07) is 1.52. The standard InChI is InChI=1S/C18H23N5O2/c1-3-14(18(25)22-8-6-21(2)7-9-22)23-11-12-4-5-19-16-15(12)13(10-20-16)17(23)24/h4-5,10,14H,3,6-9,11H2,1-2H3,(H,19,20). The summed E-state index contributed by atoms with van der Waals surface area (Å²) in [5.41, 5.74) is 2.40. The summed E-state index contributed by atoms with van der Waals surface area (Å²) in [6.07, 6.45) is 4.07. The van der Waals surface area contributed by atoms with E-state index in [0.717, 1.165) is 42.8 Å². The van der Waals surface area contributed by atoms with Gasteiger partial charge in [0.05, 0.1) is 5.56 Å². The van der Waals surface area contributed by atoms with Crippen LogP contribution in [0.3, 0.4) is 0 Å². The zero-order valence-electron chi connectivity index (χ0n) is 14.7. The van der Waals surface area contributed by atoms with Gasteiger partial charge in [0.25, 0.3) is 5.91 Å². The molecule has 25 heavy (non-hydrogen) atoms. The van der Waals surface area contributed by atoms with Crippen molar-refractivity contribution >= 4 is 22.8 Å². The smallest absolute Gasteiger partial charge is 0.257 e. The Morgan fingerprint density at radius 1 is 1.32 bits per heavy atom. The molecule has 7 heteroatoms. The molecule has 0 radical (unpaired) electrons. The third kappa shape index (κ3) is 2.59. The van der Waals surface area contributed by atoms with Crippen LogP contribution >= 0.6 is 0 Å². The molecule has 1 unspecified atom stereocenters. The summed E-state index contributed by atoms with van der Waals surface area (Å²) in [4.78, 5) is 39.3. The summed E-state index contributed by atoms with van der Waals surface area (Å²) < 4.78 is 0. The van der Waals surface area contributed by atoms with Crippen LogP contribution in [0.4, 0.5) is 0 Å². The average molecular weight is 341 g/mol. The maximum absolute atomic E-state index is 13.1. The van der Waals surface area contributed by atoms with E-state index in [4.69, 9.17) is 0 Å². The lowest BCUT2D eigenvalue weighted by Gasteiger charge is -2.39. The van der Waals surface area contributed by atoms with E-state index in [1.165, 1.54) is 0 Å². The number of rotatable bonds is 3. The fourth-order valence-electron chi connectivity index (χ4n) is 3.85. The predicted molar refractivity (Wildman–Crippen MR) is 94.1 cm³/mol. The minimum atomic E-state index is -0.415. The van der Waals surface area contributed by atoms with Gasteiger partial charge in [-0.15, -0.1) is 0 Å². The predicted octanol–water partition coefficient (Wildman–Crippen LogP) is 1.07. The van der Waals surface area contributed by atoms with E-state index in [-0.39, 0.29) is 11.8 Å². The Morgan fingerprint density at radius 2 is 2.08 bits per heavy atom. The first kappa shape index (κ1) is 16.1. The molecule has 2 aliphatic rings. The first-order valence-corrected chi connectivity index (χ1v) is 8.83. The van der Waals surface area contributed by atoms with Crippen molar-refractivity contribution in [2.24, 2.45) is 0 Å². The van der Waals surface area contributed by atoms with E-state index < -0.39 is 6.04 Å². The van der Waals surface area contributed by atoms with Crippen LogP contribution in [0.5, 0.6) is 0 Å². The quantitative estimate of drug-likeness (QED) is 0.906. The van der Waals surface area contributed by atoms with Crippen LogP contribution in [-0.2, 0) is 11.3 Å². The molecular weight excluding hydrogens is 318 g/mol. The van der Waals surface area contributed by atoms with E-state index in [1.54, 1.807) is 17.3 Å². The van der Waals surface area contributed by atoms with E-state index in [0.29, 0.717) is 18.5 Å². The van der Waals surface area contributed by atoms with Gasteiger partial charge >= 0.3 is 0 Å². The fraction of sp³-hybridized carbons (Fsp3) is 0.500. The largest absolute Gasteiger partial charge is 0.345 e. The van der Waals surface area contributed by atoms with Crippen molar-refractivity contribution in [3.05, 3.63) is 29.6 Å². The van der Waals surface area contributed by atoms with Crippen molar-refractivity contribution in [3.63, 3.8) is 0 Å². The van der Waals surface area contributed by atoms with E-state index in [1.807, 2.05) is 17.9 Å². The van der Waals surface area contributed by atoms with Crippen molar-refractivity contribution in [2.45, 2.75) is 25.9 Å². The Morgan fingerprint density at radius 3 is 2.80 bits per heavy atom. The second-order valence-electron chi connectivity index (χ2n) is 6.88. The summed E-state index contributed by atoms with van der Waals surface area (Å²) in [5.74, 6) is -0.0192. The van der Waals surface area contributed by atoms with Gasteiger partial charge in [-0.3, -0.25) is 9.59 Å². The van der Waals surface area contributed by atoms with Crippen molar-refractivity contribution in [1.29, 1.82) is 0 Å². The van der Waals surface area contributed by atoms with Crippen LogP contribution in [0.15, 0.2) is 18.5 Å². The molecule has 1 atom stereocenters. The maximum Gasteiger partial charge on any atom is 0.257 e. The number of aromatic amines is 1. The topological polar surface area (TPSA) is 72.5 Å². The van der Waals surface area contributed by atoms with Crippen molar-refractivity contribution in [3.8, 4) is 0 Å². The van der Waals surface area contributed by atoms with Gasteiger partial charge in [-0.05, 0) is 25.1 Å². The molecule has 132 valence electrons. The molecule has 7 nitrogen and oxygen atoms in total. The van der Waals surface area contributed by atoms with Gasteiger partial charge < -0.3 is 19.7 Å². The van der Waals surface area contributed by atoms with Crippen molar-refractivity contribution < 1.29 is 9.59 Å². The highest BCUT2D eigenvalue weighted by Gasteiger charge is 2.37. The molecule has 4 rings (SSSR count). The van der Waals surface area contributed by atoms with Gasteiger partial charge in [-0.25, -0.2) is 4.98 Å². The maximum atomic E-state index is 13.1. The van der Waals surface area contributed by atoms with Crippen LogP contribution in [0.2, 0.25) is 0 Å². The molecule has 0 bridgehead atoms. The Kier molecular flexibility index (Phi) is 3.95. The van der Waals surface area contributed by atoms with Crippen molar-refractivity contribution in [1.82, 2.24) is 24.7 Å². The lowest BCUT2D eigenvalue weighted by atomic mass is 9.99. The van der Waals surface area contributed by atoms with Crippen LogP contribution in [0.1, 0.15) is 29.3 Å². The van der Waals surface area contributed by atoms with Crippen molar-refractivity contribution in [2.75, 3.05) is 33.2 Å². The number of pyridine rings is 1. The normalized spacial score (nSPS) is 19.5. The third-order valence-electron chi connectivity index (χ3n) is 5.35. The van der Waals surface area contributed by atoms with Gasteiger partial charge in [0.2, 0.25) is 5.91 Å². The highest BCUT2D eigenvalue weighted by molar-refractivity contribution is 6.10. The molecule has 0 saturated carbocycles. The molecule has 2 aromatic heterocycles. The first-order valence-electron chi connectivity index (χ1n) is 8.83. The van der Waals surface area contributed by atoms with E-state index >= 15 is 0 Å².